The van der Waals surface area contributed by atoms with Crippen LogP contribution in [0, 0.1) is 0 Å². The van der Waals surface area contributed by atoms with Crippen LogP contribution in [-0.2, 0) is 27.9 Å². The van der Waals surface area contributed by atoms with Crippen molar-refractivity contribution in [3.63, 3.8) is 0 Å². The van der Waals surface area contributed by atoms with Gasteiger partial charge in [0.1, 0.15) is 19.3 Å². The first-order valence-corrected chi connectivity index (χ1v) is 36.3. The molecule has 0 heterocycles. The van der Waals surface area contributed by atoms with Crippen LogP contribution in [0.1, 0.15) is 290 Å². The maximum absolute atomic E-state index is 13.6. The van der Waals surface area contributed by atoms with E-state index in [2.05, 4.69) is 135 Å². The third-order valence-corrected chi connectivity index (χ3v) is 15.8. The van der Waals surface area contributed by atoms with Crippen LogP contribution >= 0.6 is 7.82 Å². The van der Waals surface area contributed by atoms with Gasteiger partial charge in [-0.25, -0.2) is 0 Å². The number of carbonyl (C=O) groups is 2. The summed E-state index contributed by atoms with van der Waals surface area (Å²) >= 11 is 0. The van der Waals surface area contributed by atoms with Gasteiger partial charge in [-0.1, -0.05) is 277 Å². The van der Waals surface area contributed by atoms with Crippen LogP contribution in [0.25, 0.3) is 0 Å². The summed E-state index contributed by atoms with van der Waals surface area (Å²) in [7, 11) is 1.16. The van der Waals surface area contributed by atoms with Gasteiger partial charge in [0.2, 0.25) is 5.91 Å². The number of unbranched alkanes of at least 4 members (excludes halogenated alkanes) is 28. The number of allylic oxidation sites excluding steroid dienone is 19. The molecule has 0 fully saturated rings. The first-order chi connectivity index (χ1) is 41.4. The smallest absolute Gasteiger partial charge is 0.306 e. The fourth-order valence-electron chi connectivity index (χ4n) is 9.53. The molecule has 0 aliphatic heterocycles. The van der Waals surface area contributed by atoms with Gasteiger partial charge in [0, 0.05) is 12.8 Å². The Morgan fingerprint density at radius 2 is 0.753 bits per heavy atom. The van der Waals surface area contributed by atoms with Crippen LogP contribution in [-0.4, -0.2) is 69.4 Å². The molecule has 0 aromatic rings. The van der Waals surface area contributed by atoms with Crippen molar-refractivity contribution in [1.82, 2.24) is 5.32 Å². The van der Waals surface area contributed by atoms with Gasteiger partial charge in [-0.3, -0.25) is 14.2 Å². The first kappa shape index (κ1) is 81.4. The normalized spacial score (nSPS) is 14.3. The van der Waals surface area contributed by atoms with E-state index in [1.165, 1.54) is 122 Å². The molecule has 488 valence electrons. The number of quaternary nitrogens is 1. The summed E-state index contributed by atoms with van der Waals surface area (Å²) in [5.74, 6) is -0.568. The zero-order chi connectivity index (χ0) is 62.1. The highest BCUT2D eigenvalue weighted by atomic mass is 31.2. The summed E-state index contributed by atoms with van der Waals surface area (Å²) < 4.78 is 30.4. The van der Waals surface area contributed by atoms with E-state index in [-0.39, 0.29) is 24.9 Å². The third kappa shape index (κ3) is 64.7. The van der Waals surface area contributed by atoms with E-state index < -0.39 is 26.6 Å². The molecule has 0 aromatic heterocycles. The van der Waals surface area contributed by atoms with Crippen molar-refractivity contribution in [1.29, 1.82) is 0 Å². The number of esters is 1. The quantitative estimate of drug-likeness (QED) is 0.0212. The summed E-state index contributed by atoms with van der Waals surface area (Å²) in [5.41, 5.74) is 0. The predicted octanol–water partition coefficient (Wildman–Crippen LogP) is 21.6. The van der Waals surface area contributed by atoms with Crippen LogP contribution in [0.3, 0.4) is 0 Å². The minimum Gasteiger partial charge on any atom is -0.756 e. The van der Waals surface area contributed by atoms with Crippen LogP contribution in [0.2, 0.25) is 0 Å². The van der Waals surface area contributed by atoms with Crippen LogP contribution in [0.5, 0.6) is 0 Å². The van der Waals surface area contributed by atoms with Gasteiger partial charge in [-0.15, -0.1) is 0 Å². The van der Waals surface area contributed by atoms with E-state index in [1.54, 1.807) is 0 Å². The third-order valence-electron chi connectivity index (χ3n) is 14.9. The van der Waals surface area contributed by atoms with E-state index in [9.17, 15) is 19.0 Å². The number of nitrogens with one attached hydrogen (secondary N) is 1. The minimum absolute atomic E-state index is 0.0327. The Balaban J connectivity index is 5.22. The molecule has 0 spiro atoms. The average Bonchev–Trinajstić information content (AvgIpc) is 3.52. The molecule has 0 aliphatic carbocycles. The predicted molar refractivity (Wildman–Crippen MR) is 367 cm³/mol. The Morgan fingerprint density at radius 1 is 0.424 bits per heavy atom. The number of carbonyl (C=O) groups excluding carboxylic acids is 2. The highest BCUT2D eigenvalue weighted by molar-refractivity contribution is 7.45. The molecule has 3 atom stereocenters. The standard InChI is InChI=1S/C75H131N2O7P/c1-7-10-13-16-19-22-25-28-30-32-34-36-38-40-42-44-46-49-52-55-58-61-64-67-74(78)76-72(71-83-85(80,81)82-70-69-77(4,5)6)73(66-63-60-57-54-51-48-27-24-21-18-15-12-9-3)84-75(79)68-65-62-59-56-53-50-47-45-43-41-39-37-35-33-31-29-26-23-20-17-14-11-8-2/h11,14,19-20,22-23,28-31,34-37,40-43,63,66,72-73H,7-10,12-13,15-18,21,24-27,32-33,38-39,44-62,64-65,67-71H2,1-6H3,(H-,76,78,80,81)/b14-11-,22-19-,23-20-,30-28-,31-29-,36-34-,37-35-,42-40-,43-41-,66-63+. The number of likely N-dealkylation sites (N-methyl/N-ethyl adjacent to an activating group) is 1. The molecule has 0 saturated heterocycles. The van der Waals surface area contributed by atoms with E-state index in [0.717, 1.165) is 128 Å². The molecule has 1 N–H and O–H groups in total. The van der Waals surface area contributed by atoms with Gasteiger partial charge in [-0.05, 0) is 122 Å². The number of amides is 1. The van der Waals surface area contributed by atoms with Gasteiger partial charge >= 0.3 is 5.97 Å². The summed E-state index contributed by atoms with van der Waals surface area (Å²) in [5, 5.41) is 3.03. The average molecular weight is 1200 g/mol. The maximum Gasteiger partial charge on any atom is 0.306 e. The Hall–Kier alpha value is -3.59. The zero-order valence-corrected chi connectivity index (χ0v) is 56.7. The molecule has 0 aromatic carbocycles. The van der Waals surface area contributed by atoms with Crippen molar-refractivity contribution in [2.75, 3.05) is 40.9 Å². The number of hydrogen-bond acceptors (Lipinski definition) is 7. The summed E-state index contributed by atoms with van der Waals surface area (Å²) in [6.07, 6.45) is 88.8. The Bertz CT molecular complexity index is 1870. The number of phosphoric ester groups is 1. The minimum atomic E-state index is -4.72. The molecule has 85 heavy (non-hydrogen) atoms. The highest BCUT2D eigenvalue weighted by Crippen LogP contribution is 2.38. The molecule has 0 bridgehead atoms. The molecule has 9 nitrogen and oxygen atoms in total. The Kier molecular flexibility index (Phi) is 60.8. The van der Waals surface area contributed by atoms with E-state index in [4.69, 9.17) is 13.8 Å². The largest absolute Gasteiger partial charge is 0.756 e. The number of ether oxygens (including phenoxy) is 1. The van der Waals surface area contributed by atoms with Crippen molar-refractivity contribution in [2.24, 2.45) is 0 Å². The number of phosphoric acid groups is 1. The molecule has 10 heteroatoms. The SMILES string of the molecule is CC/C=C\C/C=C\C/C=C\C/C=C\C/C=C\CCCCCCCCCC(=O)OC(/C=C/CCCCCCCCCCCCC)C(COP(=O)([O-])OCC[N+](C)(C)C)NC(=O)CCCCCCCCC/C=C\C/C=C\C/C=C\C/C=C\CCCCC. The number of hydrogen-bond donors (Lipinski definition) is 1. The van der Waals surface area contributed by atoms with Crippen molar-refractivity contribution in [3.05, 3.63) is 122 Å². The summed E-state index contributed by atoms with van der Waals surface area (Å²) in [4.78, 5) is 40.2. The van der Waals surface area contributed by atoms with Gasteiger partial charge in [-0.2, -0.15) is 0 Å². The number of rotatable bonds is 62. The second-order valence-corrected chi connectivity index (χ2v) is 25.7. The van der Waals surface area contributed by atoms with Gasteiger partial charge in [0.05, 0.1) is 33.8 Å². The molecular weight excluding hydrogens is 1070 g/mol. The monoisotopic (exact) mass is 1200 g/mol. The van der Waals surface area contributed by atoms with Crippen molar-refractivity contribution >= 4 is 19.7 Å². The van der Waals surface area contributed by atoms with E-state index in [1.807, 2.05) is 33.3 Å². The van der Waals surface area contributed by atoms with Gasteiger partial charge in [0.15, 0.2) is 0 Å². The van der Waals surface area contributed by atoms with Crippen molar-refractivity contribution < 1.29 is 37.3 Å². The highest BCUT2D eigenvalue weighted by Gasteiger charge is 2.27. The Morgan fingerprint density at radius 3 is 1.15 bits per heavy atom. The lowest BCUT2D eigenvalue weighted by molar-refractivity contribution is -0.870. The lowest BCUT2D eigenvalue weighted by Gasteiger charge is -2.30. The fraction of sp³-hybridized carbons (Fsp3) is 0.707. The van der Waals surface area contributed by atoms with Crippen LogP contribution in [0.15, 0.2) is 122 Å². The lowest BCUT2D eigenvalue weighted by atomic mass is 10.0. The summed E-state index contributed by atoms with van der Waals surface area (Å²) in [6, 6.07) is -0.909. The van der Waals surface area contributed by atoms with Crippen molar-refractivity contribution in [3.8, 4) is 0 Å². The molecule has 1 amide bonds. The molecule has 0 rings (SSSR count). The molecule has 0 radical (unpaired) electrons. The van der Waals surface area contributed by atoms with Gasteiger partial charge < -0.3 is 28.5 Å². The van der Waals surface area contributed by atoms with E-state index >= 15 is 0 Å². The van der Waals surface area contributed by atoms with Crippen LogP contribution < -0.4 is 10.2 Å². The number of nitrogens with zero attached hydrogens (tertiary/aromatic N) is 1. The molecule has 0 aliphatic rings. The molecular formula is C75H131N2O7P. The lowest BCUT2D eigenvalue weighted by Crippen LogP contribution is -2.47. The maximum atomic E-state index is 13.6. The fourth-order valence-corrected chi connectivity index (χ4v) is 10.3. The molecule has 3 unspecified atom stereocenters. The first-order valence-electron chi connectivity index (χ1n) is 34.8. The van der Waals surface area contributed by atoms with Gasteiger partial charge in [0.25, 0.3) is 7.82 Å². The topological polar surface area (TPSA) is 114 Å². The van der Waals surface area contributed by atoms with Crippen molar-refractivity contribution in [2.45, 2.75) is 303 Å². The van der Waals surface area contributed by atoms with Crippen LogP contribution in [0.4, 0.5) is 0 Å². The zero-order valence-electron chi connectivity index (χ0n) is 55.8. The summed E-state index contributed by atoms with van der Waals surface area (Å²) in [6.45, 7) is 6.69. The Labute approximate surface area is 524 Å². The second kappa shape index (κ2) is 63.4. The molecule has 0 saturated carbocycles. The second-order valence-electron chi connectivity index (χ2n) is 24.3. The van der Waals surface area contributed by atoms with E-state index in [0.29, 0.717) is 23.9 Å².